The number of halogens is 2. The van der Waals surface area contributed by atoms with E-state index in [1.54, 1.807) is 23.1 Å². The number of rotatable bonds is 2. The molecule has 0 bridgehead atoms. The highest BCUT2D eigenvalue weighted by Gasteiger charge is 2.07. The van der Waals surface area contributed by atoms with Gasteiger partial charge in [0.05, 0.1) is 6.20 Å². The Morgan fingerprint density at radius 3 is 2.50 bits per heavy atom. The molecule has 5 heteroatoms. The summed E-state index contributed by atoms with van der Waals surface area (Å²) >= 11 is 12.1. The molecule has 1 aromatic carbocycles. The molecule has 0 spiro atoms. The van der Waals surface area contributed by atoms with E-state index >= 15 is 0 Å². The largest absolute Gasteiger partial charge is 0.237 e. The van der Waals surface area contributed by atoms with Crippen molar-refractivity contribution in [2.45, 2.75) is 6.92 Å². The third kappa shape index (κ3) is 2.55. The predicted molar refractivity (Wildman–Crippen MR) is 81.6 cm³/mol. The predicted octanol–water partition coefficient (Wildman–Crippen LogP) is 4.55. The SMILES string of the molecule is Cc1cccnc1-n1cc(-c2cc(Cl)cc(Cl)c2)cn1. The summed E-state index contributed by atoms with van der Waals surface area (Å²) < 4.78 is 1.75. The van der Waals surface area contributed by atoms with Gasteiger partial charge >= 0.3 is 0 Å². The van der Waals surface area contributed by atoms with Crippen LogP contribution in [0.4, 0.5) is 0 Å². The first-order valence-corrected chi connectivity index (χ1v) is 6.82. The number of aromatic nitrogens is 3. The number of hydrogen-bond acceptors (Lipinski definition) is 2. The fourth-order valence-corrected chi connectivity index (χ4v) is 2.55. The first-order valence-electron chi connectivity index (χ1n) is 6.06. The van der Waals surface area contributed by atoms with Crippen LogP contribution in [-0.4, -0.2) is 14.8 Å². The summed E-state index contributed by atoms with van der Waals surface area (Å²) in [6.45, 7) is 2.00. The maximum Gasteiger partial charge on any atom is 0.156 e. The first-order chi connectivity index (χ1) is 9.63. The molecule has 100 valence electrons. The van der Waals surface area contributed by atoms with Gasteiger partial charge in [-0.1, -0.05) is 29.3 Å². The highest BCUT2D eigenvalue weighted by molar-refractivity contribution is 6.35. The Labute approximate surface area is 126 Å². The van der Waals surface area contributed by atoms with Crippen molar-refractivity contribution in [2.24, 2.45) is 0 Å². The van der Waals surface area contributed by atoms with Crippen LogP contribution in [0.3, 0.4) is 0 Å². The van der Waals surface area contributed by atoms with E-state index in [1.807, 2.05) is 37.4 Å². The maximum atomic E-state index is 6.03. The van der Waals surface area contributed by atoms with Gasteiger partial charge in [0.25, 0.3) is 0 Å². The Bertz CT molecular complexity index is 745. The molecule has 0 saturated heterocycles. The average molecular weight is 304 g/mol. The maximum absolute atomic E-state index is 6.03. The highest BCUT2D eigenvalue weighted by Crippen LogP contribution is 2.27. The highest BCUT2D eigenvalue weighted by atomic mass is 35.5. The van der Waals surface area contributed by atoms with Crippen LogP contribution in [0, 0.1) is 6.92 Å². The van der Waals surface area contributed by atoms with E-state index in [1.165, 1.54) is 0 Å². The summed E-state index contributed by atoms with van der Waals surface area (Å²) in [7, 11) is 0. The van der Waals surface area contributed by atoms with Crippen molar-refractivity contribution in [3.8, 4) is 16.9 Å². The summed E-state index contributed by atoms with van der Waals surface area (Å²) in [6.07, 6.45) is 5.44. The molecule has 0 atom stereocenters. The number of benzene rings is 1. The molecule has 0 aliphatic carbocycles. The molecule has 3 rings (SSSR count). The van der Waals surface area contributed by atoms with Crippen LogP contribution < -0.4 is 0 Å². The number of hydrogen-bond donors (Lipinski definition) is 0. The van der Waals surface area contributed by atoms with Gasteiger partial charge in [0, 0.05) is 28.0 Å². The Morgan fingerprint density at radius 2 is 1.80 bits per heavy atom. The molecular formula is C15H11Cl2N3. The molecule has 0 radical (unpaired) electrons. The van der Waals surface area contributed by atoms with Crippen molar-refractivity contribution < 1.29 is 0 Å². The van der Waals surface area contributed by atoms with Crippen molar-refractivity contribution in [2.75, 3.05) is 0 Å². The molecule has 2 aromatic heterocycles. The minimum absolute atomic E-state index is 0.606. The lowest BCUT2D eigenvalue weighted by Gasteiger charge is -2.03. The smallest absolute Gasteiger partial charge is 0.156 e. The van der Waals surface area contributed by atoms with Gasteiger partial charge < -0.3 is 0 Å². The second kappa shape index (κ2) is 5.27. The lowest BCUT2D eigenvalue weighted by Crippen LogP contribution is -1.99. The van der Waals surface area contributed by atoms with Gasteiger partial charge in [0.15, 0.2) is 5.82 Å². The summed E-state index contributed by atoms with van der Waals surface area (Å²) in [6, 6.07) is 9.33. The molecule has 0 unspecified atom stereocenters. The van der Waals surface area contributed by atoms with Gasteiger partial charge in [-0.3, -0.25) is 0 Å². The van der Waals surface area contributed by atoms with Gasteiger partial charge in [-0.2, -0.15) is 5.10 Å². The van der Waals surface area contributed by atoms with E-state index in [0.29, 0.717) is 10.0 Å². The van der Waals surface area contributed by atoms with Crippen LogP contribution in [0.15, 0.2) is 48.9 Å². The molecule has 3 nitrogen and oxygen atoms in total. The summed E-state index contributed by atoms with van der Waals surface area (Å²) in [5.41, 5.74) is 2.94. The van der Waals surface area contributed by atoms with E-state index < -0.39 is 0 Å². The standard InChI is InChI=1S/C15H11Cl2N3/c1-10-3-2-4-18-15(10)20-9-12(8-19-20)11-5-13(16)7-14(17)6-11/h2-9H,1H3. The van der Waals surface area contributed by atoms with Crippen LogP contribution in [0.25, 0.3) is 16.9 Å². The number of nitrogens with zero attached hydrogens (tertiary/aromatic N) is 3. The molecule has 0 fully saturated rings. The van der Waals surface area contributed by atoms with E-state index in [2.05, 4.69) is 10.1 Å². The van der Waals surface area contributed by atoms with Gasteiger partial charge in [-0.25, -0.2) is 9.67 Å². The molecule has 0 aliphatic heterocycles. The fraction of sp³-hybridized carbons (Fsp3) is 0.0667. The van der Waals surface area contributed by atoms with E-state index in [-0.39, 0.29) is 0 Å². The van der Waals surface area contributed by atoms with Gasteiger partial charge in [-0.05, 0) is 42.3 Å². The molecular weight excluding hydrogens is 293 g/mol. The quantitative estimate of drug-likeness (QED) is 0.695. The Hall–Kier alpha value is -1.84. The van der Waals surface area contributed by atoms with Crippen molar-refractivity contribution in [3.63, 3.8) is 0 Å². The normalized spacial score (nSPS) is 10.8. The van der Waals surface area contributed by atoms with Crippen molar-refractivity contribution in [3.05, 3.63) is 64.5 Å². The van der Waals surface area contributed by atoms with Crippen LogP contribution in [0.2, 0.25) is 10.0 Å². The van der Waals surface area contributed by atoms with Crippen LogP contribution >= 0.6 is 23.2 Å². The third-order valence-corrected chi connectivity index (χ3v) is 3.41. The average Bonchev–Trinajstić information content (AvgIpc) is 2.87. The van der Waals surface area contributed by atoms with Gasteiger partial charge in [0.1, 0.15) is 0 Å². The Kier molecular flexibility index (Phi) is 3.47. The summed E-state index contributed by atoms with van der Waals surface area (Å²) in [4.78, 5) is 4.34. The number of pyridine rings is 1. The van der Waals surface area contributed by atoms with Crippen molar-refractivity contribution in [1.29, 1.82) is 0 Å². The molecule has 3 aromatic rings. The first kappa shape index (κ1) is 13.2. The van der Waals surface area contributed by atoms with E-state index in [9.17, 15) is 0 Å². The lowest BCUT2D eigenvalue weighted by molar-refractivity contribution is 0.838. The lowest BCUT2D eigenvalue weighted by atomic mass is 10.1. The summed E-state index contributed by atoms with van der Waals surface area (Å²) in [5, 5.41) is 5.56. The molecule has 0 N–H and O–H groups in total. The molecule has 2 heterocycles. The fourth-order valence-electron chi connectivity index (χ4n) is 2.03. The Morgan fingerprint density at radius 1 is 1.05 bits per heavy atom. The van der Waals surface area contributed by atoms with Crippen LogP contribution in [-0.2, 0) is 0 Å². The van der Waals surface area contributed by atoms with Crippen molar-refractivity contribution in [1.82, 2.24) is 14.8 Å². The monoisotopic (exact) mass is 303 g/mol. The zero-order valence-corrected chi connectivity index (χ0v) is 12.2. The molecule has 20 heavy (non-hydrogen) atoms. The molecule has 0 aliphatic rings. The van der Waals surface area contributed by atoms with Crippen LogP contribution in [0.1, 0.15) is 5.56 Å². The second-order valence-corrected chi connectivity index (χ2v) is 5.35. The zero-order chi connectivity index (χ0) is 14.1. The van der Waals surface area contributed by atoms with Gasteiger partial charge in [-0.15, -0.1) is 0 Å². The summed E-state index contributed by atoms with van der Waals surface area (Å²) in [5.74, 6) is 0.812. The second-order valence-electron chi connectivity index (χ2n) is 4.48. The van der Waals surface area contributed by atoms with Crippen LogP contribution in [0.5, 0.6) is 0 Å². The Balaban J connectivity index is 2.04. The minimum atomic E-state index is 0.606. The molecule has 0 saturated carbocycles. The topological polar surface area (TPSA) is 30.7 Å². The van der Waals surface area contributed by atoms with Gasteiger partial charge in [0.2, 0.25) is 0 Å². The number of aryl methyl sites for hydroxylation is 1. The van der Waals surface area contributed by atoms with Crippen molar-refractivity contribution >= 4 is 23.2 Å². The molecule has 0 amide bonds. The minimum Gasteiger partial charge on any atom is -0.237 e. The van der Waals surface area contributed by atoms with E-state index in [0.717, 1.165) is 22.5 Å². The zero-order valence-electron chi connectivity index (χ0n) is 10.7. The van der Waals surface area contributed by atoms with E-state index in [4.69, 9.17) is 23.2 Å². The third-order valence-electron chi connectivity index (χ3n) is 2.98.